The van der Waals surface area contributed by atoms with Crippen LogP contribution in [0.15, 0.2) is 21.3 Å². The molecule has 0 radical (unpaired) electrons. The van der Waals surface area contributed by atoms with Crippen molar-refractivity contribution < 1.29 is 13.2 Å². The lowest BCUT2D eigenvalue weighted by molar-refractivity contribution is -0.121. The van der Waals surface area contributed by atoms with Gasteiger partial charge in [-0.25, -0.2) is 13.4 Å². The summed E-state index contributed by atoms with van der Waals surface area (Å²) in [5.41, 5.74) is 0.540. The second-order valence-corrected chi connectivity index (χ2v) is 8.29. The molecule has 0 spiro atoms. The summed E-state index contributed by atoms with van der Waals surface area (Å²) < 4.78 is 24.3. The number of anilines is 1. The SMILES string of the molecule is CC1=C2[C@H](CCS2(=O)=O)[C@@H](C(=O)Nc2cc(=O)[nH]c(C)n2)CC1. The third-order valence-corrected chi connectivity index (χ3v) is 6.65. The van der Waals surface area contributed by atoms with Crippen LogP contribution >= 0.6 is 0 Å². The van der Waals surface area contributed by atoms with Gasteiger partial charge in [-0.2, -0.15) is 0 Å². The minimum atomic E-state index is -3.22. The zero-order chi connectivity index (χ0) is 16.8. The van der Waals surface area contributed by atoms with Crippen LogP contribution in [0.4, 0.5) is 5.82 Å². The summed E-state index contributed by atoms with van der Waals surface area (Å²) in [7, 11) is -3.22. The van der Waals surface area contributed by atoms with E-state index in [9.17, 15) is 18.0 Å². The first-order chi connectivity index (χ1) is 10.8. The van der Waals surface area contributed by atoms with Gasteiger partial charge >= 0.3 is 0 Å². The fourth-order valence-electron chi connectivity index (χ4n) is 3.59. The summed E-state index contributed by atoms with van der Waals surface area (Å²) in [5, 5.41) is 2.66. The number of amides is 1. The van der Waals surface area contributed by atoms with Crippen LogP contribution in [-0.2, 0) is 14.6 Å². The maximum Gasteiger partial charge on any atom is 0.252 e. The Labute approximate surface area is 134 Å². The van der Waals surface area contributed by atoms with Crippen LogP contribution in [0.5, 0.6) is 0 Å². The molecule has 2 atom stereocenters. The van der Waals surface area contributed by atoms with Crippen LogP contribution in [-0.4, -0.2) is 30.0 Å². The molecular formula is C15H19N3O4S. The number of hydrogen-bond donors (Lipinski definition) is 2. The number of fused-ring (bicyclic) bond motifs is 1. The average molecular weight is 337 g/mol. The van der Waals surface area contributed by atoms with Crippen LogP contribution < -0.4 is 10.9 Å². The molecule has 0 saturated carbocycles. The largest absolute Gasteiger partial charge is 0.311 e. The van der Waals surface area contributed by atoms with Crippen LogP contribution in [0.3, 0.4) is 0 Å². The Kier molecular flexibility index (Phi) is 3.87. The van der Waals surface area contributed by atoms with E-state index in [1.807, 2.05) is 6.92 Å². The number of aromatic nitrogens is 2. The number of sulfone groups is 1. The second-order valence-electron chi connectivity index (χ2n) is 6.21. The van der Waals surface area contributed by atoms with Gasteiger partial charge in [0.25, 0.3) is 5.56 Å². The molecule has 23 heavy (non-hydrogen) atoms. The highest BCUT2D eigenvalue weighted by Gasteiger charge is 2.45. The predicted octanol–water partition coefficient (Wildman–Crippen LogP) is 1.14. The highest BCUT2D eigenvalue weighted by molar-refractivity contribution is 7.95. The molecule has 3 rings (SSSR count). The van der Waals surface area contributed by atoms with Crippen LogP contribution in [0, 0.1) is 18.8 Å². The zero-order valence-electron chi connectivity index (χ0n) is 13.0. The molecule has 2 N–H and O–H groups in total. The van der Waals surface area contributed by atoms with Gasteiger partial charge in [0.1, 0.15) is 11.6 Å². The second kappa shape index (κ2) is 5.59. The molecule has 7 nitrogen and oxygen atoms in total. The smallest absolute Gasteiger partial charge is 0.252 e. The topological polar surface area (TPSA) is 109 Å². The molecule has 1 amide bonds. The molecule has 1 aliphatic carbocycles. The standard InChI is InChI=1S/C15H19N3O4S/c1-8-3-4-11(10-5-6-23(21,22)14(8)10)15(20)18-12-7-13(19)17-9(2)16-12/h7,10-11H,3-6H2,1-2H3,(H2,16,17,18,19,20)/t10-,11+/m1/s1. The lowest BCUT2D eigenvalue weighted by Crippen LogP contribution is -2.33. The first-order valence-corrected chi connectivity index (χ1v) is 9.24. The van der Waals surface area contributed by atoms with E-state index in [-0.39, 0.29) is 29.0 Å². The molecule has 0 aromatic carbocycles. The van der Waals surface area contributed by atoms with Crippen molar-refractivity contribution in [2.24, 2.45) is 11.8 Å². The minimum Gasteiger partial charge on any atom is -0.311 e. The Balaban J connectivity index is 1.85. The van der Waals surface area contributed by atoms with Gasteiger partial charge in [-0.1, -0.05) is 5.57 Å². The van der Waals surface area contributed by atoms with Gasteiger partial charge in [0.15, 0.2) is 9.84 Å². The van der Waals surface area contributed by atoms with Gasteiger partial charge in [-0.3, -0.25) is 9.59 Å². The van der Waals surface area contributed by atoms with E-state index < -0.39 is 15.8 Å². The third kappa shape index (κ3) is 2.95. The first kappa shape index (κ1) is 15.9. The van der Waals surface area contributed by atoms with Crippen molar-refractivity contribution in [3.8, 4) is 0 Å². The van der Waals surface area contributed by atoms with Gasteiger partial charge in [0, 0.05) is 22.8 Å². The normalized spacial score (nSPS) is 26.0. The van der Waals surface area contributed by atoms with Crippen molar-refractivity contribution in [2.75, 3.05) is 11.1 Å². The predicted molar refractivity (Wildman–Crippen MR) is 85.5 cm³/mol. The van der Waals surface area contributed by atoms with E-state index in [1.165, 1.54) is 6.07 Å². The summed E-state index contributed by atoms with van der Waals surface area (Å²) in [4.78, 5) is 31.1. The molecule has 1 aliphatic heterocycles. The zero-order valence-corrected chi connectivity index (χ0v) is 13.9. The summed E-state index contributed by atoms with van der Waals surface area (Å²) in [6.45, 7) is 3.46. The van der Waals surface area contributed by atoms with E-state index in [0.29, 0.717) is 30.0 Å². The van der Waals surface area contributed by atoms with Gasteiger partial charge in [-0.15, -0.1) is 0 Å². The van der Waals surface area contributed by atoms with Crippen molar-refractivity contribution in [3.63, 3.8) is 0 Å². The van der Waals surface area contributed by atoms with Crippen molar-refractivity contribution >= 4 is 21.6 Å². The van der Waals surface area contributed by atoms with E-state index in [2.05, 4.69) is 15.3 Å². The fourth-order valence-corrected chi connectivity index (χ4v) is 5.75. The van der Waals surface area contributed by atoms with Crippen molar-refractivity contribution in [2.45, 2.75) is 33.1 Å². The summed E-state index contributed by atoms with van der Waals surface area (Å²) in [6.07, 6.45) is 1.70. The molecule has 1 fully saturated rings. The monoisotopic (exact) mass is 337 g/mol. The van der Waals surface area contributed by atoms with Gasteiger partial charge in [0.2, 0.25) is 5.91 Å². The summed E-state index contributed by atoms with van der Waals surface area (Å²) in [5.74, 6) is -0.198. The summed E-state index contributed by atoms with van der Waals surface area (Å²) >= 11 is 0. The number of allylic oxidation sites excluding steroid dienone is 2. The number of aryl methyl sites for hydroxylation is 1. The minimum absolute atomic E-state index is 0.108. The van der Waals surface area contributed by atoms with Crippen molar-refractivity contribution in [1.29, 1.82) is 0 Å². The van der Waals surface area contributed by atoms with Crippen LogP contribution in [0.25, 0.3) is 0 Å². The molecule has 0 unspecified atom stereocenters. The number of carbonyl (C=O) groups is 1. The van der Waals surface area contributed by atoms with E-state index in [1.54, 1.807) is 6.92 Å². The highest BCUT2D eigenvalue weighted by atomic mass is 32.2. The average Bonchev–Trinajstić information content (AvgIpc) is 2.75. The number of nitrogens with zero attached hydrogens (tertiary/aromatic N) is 1. The van der Waals surface area contributed by atoms with Crippen molar-refractivity contribution in [3.05, 3.63) is 32.7 Å². The number of nitrogens with one attached hydrogen (secondary N) is 2. The van der Waals surface area contributed by atoms with Gasteiger partial charge in [-0.05, 0) is 33.1 Å². The number of carbonyl (C=O) groups excluding carboxylic acids is 1. The third-order valence-electron chi connectivity index (χ3n) is 4.55. The van der Waals surface area contributed by atoms with E-state index >= 15 is 0 Å². The molecule has 1 aromatic heterocycles. The molecule has 2 aliphatic rings. The maximum absolute atomic E-state index is 12.6. The molecule has 8 heteroatoms. The number of rotatable bonds is 2. The molecule has 1 aromatic rings. The quantitative estimate of drug-likeness (QED) is 0.841. The van der Waals surface area contributed by atoms with Crippen LogP contribution in [0.2, 0.25) is 0 Å². The highest BCUT2D eigenvalue weighted by Crippen LogP contribution is 2.45. The lowest BCUT2D eigenvalue weighted by atomic mass is 9.79. The first-order valence-electron chi connectivity index (χ1n) is 7.59. The Bertz CT molecular complexity index is 854. The lowest BCUT2D eigenvalue weighted by Gasteiger charge is -2.28. The number of H-pyrrole nitrogens is 1. The molecular weight excluding hydrogens is 318 g/mol. The Morgan fingerprint density at radius 3 is 2.78 bits per heavy atom. The fraction of sp³-hybridized carbons (Fsp3) is 0.533. The molecule has 124 valence electrons. The molecule has 2 heterocycles. The Morgan fingerprint density at radius 1 is 1.35 bits per heavy atom. The number of aromatic amines is 1. The molecule has 1 saturated heterocycles. The Hall–Kier alpha value is -1.96. The van der Waals surface area contributed by atoms with Crippen LogP contribution in [0.1, 0.15) is 32.0 Å². The molecule has 0 bridgehead atoms. The summed E-state index contributed by atoms with van der Waals surface area (Å²) in [6, 6.07) is 1.22. The number of hydrogen-bond acceptors (Lipinski definition) is 5. The van der Waals surface area contributed by atoms with E-state index in [0.717, 1.165) is 5.57 Å². The Morgan fingerprint density at radius 2 is 2.09 bits per heavy atom. The van der Waals surface area contributed by atoms with Gasteiger partial charge < -0.3 is 10.3 Å². The van der Waals surface area contributed by atoms with E-state index in [4.69, 9.17) is 0 Å². The maximum atomic E-state index is 12.6. The van der Waals surface area contributed by atoms with Crippen molar-refractivity contribution in [1.82, 2.24) is 9.97 Å². The van der Waals surface area contributed by atoms with Gasteiger partial charge in [0.05, 0.1) is 5.75 Å².